The lowest BCUT2D eigenvalue weighted by molar-refractivity contribution is 0.404. The lowest BCUT2D eigenvalue weighted by Crippen LogP contribution is -2.03. The zero-order chi connectivity index (χ0) is 18.8. The van der Waals surface area contributed by atoms with Crippen LogP contribution in [0.15, 0.2) is 55.1 Å². The van der Waals surface area contributed by atoms with Gasteiger partial charge in [-0.2, -0.15) is 0 Å². The number of fused-ring (bicyclic) bond motifs is 1. The van der Waals surface area contributed by atoms with Gasteiger partial charge < -0.3 is 4.74 Å². The fourth-order valence-electron chi connectivity index (χ4n) is 3.33. The third kappa shape index (κ3) is 3.26. The van der Waals surface area contributed by atoms with Gasteiger partial charge in [-0.3, -0.25) is 9.38 Å². The molecule has 0 atom stereocenters. The van der Waals surface area contributed by atoms with Crippen LogP contribution in [0.5, 0.6) is 5.75 Å². The highest BCUT2D eigenvalue weighted by Gasteiger charge is 2.14. The summed E-state index contributed by atoms with van der Waals surface area (Å²) < 4.78 is 21.7. The van der Waals surface area contributed by atoms with E-state index >= 15 is 0 Å². The molecule has 0 amide bonds. The van der Waals surface area contributed by atoms with Crippen molar-refractivity contribution in [3.63, 3.8) is 0 Å². The molecular formula is C21H19FN4O. The Morgan fingerprint density at radius 2 is 2.04 bits per heavy atom. The quantitative estimate of drug-likeness (QED) is 0.538. The zero-order valence-electron chi connectivity index (χ0n) is 15.2. The van der Waals surface area contributed by atoms with E-state index in [0.717, 1.165) is 28.0 Å². The SMILES string of the molecule is COc1cc(C)cc(F)c1CCc1ccc(-c2cccnc2)c2nncn12. The number of ether oxygens (including phenoxy) is 1. The maximum Gasteiger partial charge on any atom is 0.168 e. The first kappa shape index (κ1) is 17.1. The van der Waals surface area contributed by atoms with Crippen LogP contribution in [-0.2, 0) is 12.8 Å². The van der Waals surface area contributed by atoms with Crippen LogP contribution in [0.1, 0.15) is 16.8 Å². The van der Waals surface area contributed by atoms with E-state index in [-0.39, 0.29) is 5.82 Å². The van der Waals surface area contributed by atoms with Gasteiger partial charge in [0.2, 0.25) is 0 Å². The minimum atomic E-state index is -0.237. The van der Waals surface area contributed by atoms with Gasteiger partial charge >= 0.3 is 0 Å². The average Bonchev–Trinajstić information content (AvgIpc) is 3.17. The molecule has 0 aliphatic rings. The second-order valence-electron chi connectivity index (χ2n) is 6.43. The predicted molar refractivity (Wildman–Crippen MR) is 101 cm³/mol. The third-order valence-electron chi connectivity index (χ3n) is 4.66. The summed E-state index contributed by atoms with van der Waals surface area (Å²) in [6, 6.07) is 11.3. The van der Waals surface area contributed by atoms with Gasteiger partial charge in [0.15, 0.2) is 5.65 Å². The van der Waals surface area contributed by atoms with Crippen molar-refractivity contribution in [2.45, 2.75) is 19.8 Å². The van der Waals surface area contributed by atoms with Crippen molar-refractivity contribution in [2.75, 3.05) is 7.11 Å². The lowest BCUT2D eigenvalue weighted by atomic mass is 10.0. The van der Waals surface area contributed by atoms with Gasteiger partial charge in [0, 0.05) is 34.8 Å². The molecule has 0 spiro atoms. The van der Waals surface area contributed by atoms with Crippen molar-refractivity contribution >= 4 is 5.65 Å². The number of rotatable bonds is 5. The highest BCUT2D eigenvalue weighted by Crippen LogP contribution is 2.27. The number of nitrogens with zero attached hydrogens (tertiary/aromatic N) is 4. The van der Waals surface area contributed by atoms with Crippen molar-refractivity contribution in [3.05, 3.63) is 77.8 Å². The average molecular weight is 362 g/mol. The molecule has 0 bridgehead atoms. The maximum absolute atomic E-state index is 14.4. The van der Waals surface area contributed by atoms with E-state index in [9.17, 15) is 4.39 Å². The molecule has 1 aromatic carbocycles. The van der Waals surface area contributed by atoms with Crippen LogP contribution in [0.2, 0.25) is 0 Å². The Bertz CT molecular complexity index is 1090. The van der Waals surface area contributed by atoms with Crippen molar-refractivity contribution in [2.24, 2.45) is 0 Å². The van der Waals surface area contributed by atoms with Crippen LogP contribution < -0.4 is 4.74 Å². The minimum Gasteiger partial charge on any atom is -0.496 e. The van der Waals surface area contributed by atoms with Gasteiger partial charge in [0.05, 0.1) is 7.11 Å². The Kier molecular flexibility index (Phi) is 4.54. The Balaban J connectivity index is 1.68. The first-order valence-corrected chi connectivity index (χ1v) is 8.72. The molecule has 0 fully saturated rings. The third-order valence-corrected chi connectivity index (χ3v) is 4.66. The Hall–Kier alpha value is -3.28. The number of methoxy groups -OCH3 is 1. The summed E-state index contributed by atoms with van der Waals surface area (Å²) in [5.74, 6) is 0.346. The zero-order valence-corrected chi connectivity index (χ0v) is 15.2. The molecule has 136 valence electrons. The highest BCUT2D eigenvalue weighted by molar-refractivity contribution is 5.76. The Labute approximate surface area is 156 Å². The summed E-state index contributed by atoms with van der Waals surface area (Å²) in [6.45, 7) is 1.85. The van der Waals surface area contributed by atoms with Crippen LogP contribution in [0.25, 0.3) is 16.8 Å². The van der Waals surface area contributed by atoms with E-state index < -0.39 is 0 Å². The molecule has 4 aromatic rings. The second kappa shape index (κ2) is 7.15. The van der Waals surface area contributed by atoms with Crippen LogP contribution >= 0.6 is 0 Å². The molecule has 0 radical (unpaired) electrons. The van der Waals surface area contributed by atoms with Gasteiger partial charge in [-0.05, 0) is 55.7 Å². The van der Waals surface area contributed by atoms with Crippen LogP contribution in [0, 0.1) is 12.7 Å². The molecule has 3 heterocycles. The van der Waals surface area contributed by atoms with Crippen LogP contribution in [0.3, 0.4) is 0 Å². The van der Waals surface area contributed by atoms with Gasteiger partial charge in [0.25, 0.3) is 0 Å². The monoisotopic (exact) mass is 362 g/mol. The van der Waals surface area contributed by atoms with Crippen molar-refractivity contribution in [1.82, 2.24) is 19.6 Å². The summed E-state index contributed by atoms with van der Waals surface area (Å²) in [5.41, 5.74) is 5.13. The number of aryl methyl sites for hydroxylation is 2. The summed E-state index contributed by atoms with van der Waals surface area (Å²) >= 11 is 0. The molecular weight excluding hydrogens is 343 g/mol. The van der Waals surface area contributed by atoms with Gasteiger partial charge in [-0.1, -0.05) is 6.07 Å². The normalized spacial score (nSPS) is 11.1. The topological polar surface area (TPSA) is 52.3 Å². The number of hydrogen-bond acceptors (Lipinski definition) is 4. The molecule has 0 saturated heterocycles. The van der Waals surface area contributed by atoms with Crippen LogP contribution in [-0.4, -0.2) is 26.7 Å². The van der Waals surface area contributed by atoms with E-state index in [1.165, 1.54) is 6.07 Å². The smallest absolute Gasteiger partial charge is 0.168 e. The lowest BCUT2D eigenvalue weighted by Gasteiger charge is -2.12. The van der Waals surface area contributed by atoms with E-state index in [1.807, 2.05) is 41.7 Å². The molecule has 0 saturated carbocycles. The molecule has 4 rings (SSSR count). The van der Waals surface area contributed by atoms with Gasteiger partial charge in [-0.25, -0.2) is 4.39 Å². The molecule has 0 aliphatic heterocycles. The van der Waals surface area contributed by atoms with Gasteiger partial charge in [0.1, 0.15) is 17.9 Å². The fourth-order valence-corrected chi connectivity index (χ4v) is 3.33. The number of halogens is 1. The first-order chi connectivity index (χ1) is 13.2. The molecule has 0 N–H and O–H groups in total. The Morgan fingerprint density at radius 1 is 1.15 bits per heavy atom. The standard InChI is InChI=1S/C21H19FN4O/c1-14-10-19(22)18(20(11-14)27-2)8-6-16-5-7-17(15-4-3-9-23-12-15)21-25-24-13-26(16)21/h3-5,7,9-13H,6,8H2,1-2H3. The molecule has 0 unspecified atom stereocenters. The van der Waals surface area contributed by atoms with Crippen molar-refractivity contribution in [3.8, 4) is 16.9 Å². The molecule has 3 aromatic heterocycles. The number of pyridine rings is 2. The highest BCUT2D eigenvalue weighted by atomic mass is 19.1. The van der Waals surface area contributed by atoms with Crippen molar-refractivity contribution < 1.29 is 9.13 Å². The van der Waals surface area contributed by atoms with E-state index in [0.29, 0.717) is 24.2 Å². The summed E-state index contributed by atoms with van der Waals surface area (Å²) in [6.07, 6.45) is 6.39. The number of aromatic nitrogens is 4. The molecule has 27 heavy (non-hydrogen) atoms. The van der Waals surface area contributed by atoms with Gasteiger partial charge in [-0.15, -0.1) is 10.2 Å². The van der Waals surface area contributed by atoms with E-state index in [2.05, 4.69) is 15.2 Å². The molecule has 5 nitrogen and oxygen atoms in total. The van der Waals surface area contributed by atoms with E-state index in [1.54, 1.807) is 25.8 Å². The predicted octanol–water partition coefficient (Wildman–Crippen LogP) is 4.03. The summed E-state index contributed by atoms with van der Waals surface area (Å²) in [7, 11) is 1.57. The second-order valence-corrected chi connectivity index (χ2v) is 6.43. The van der Waals surface area contributed by atoms with Crippen LogP contribution in [0.4, 0.5) is 4.39 Å². The molecule has 6 heteroatoms. The fraction of sp³-hybridized carbons (Fsp3) is 0.190. The summed E-state index contributed by atoms with van der Waals surface area (Å²) in [4.78, 5) is 4.17. The summed E-state index contributed by atoms with van der Waals surface area (Å²) in [5, 5.41) is 8.32. The van der Waals surface area contributed by atoms with Crippen molar-refractivity contribution in [1.29, 1.82) is 0 Å². The molecule has 0 aliphatic carbocycles. The van der Waals surface area contributed by atoms with E-state index in [4.69, 9.17) is 4.74 Å². The maximum atomic E-state index is 14.4. The largest absolute Gasteiger partial charge is 0.496 e. The first-order valence-electron chi connectivity index (χ1n) is 8.72. The number of benzene rings is 1. The minimum absolute atomic E-state index is 0.237. The Morgan fingerprint density at radius 3 is 2.81 bits per heavy atom. The number of hydrogen-bond donors (Lipinski definition) is 0.